The second-order valence-corrected chi connectivity index (χ2v) is 6.88. The summed E-state index contributed by atoms with van der Waals surface area (Å²) in [6.07, 6.45) is 8.38. The molecule has 4 nitrogen and oxygen atoms in total. The van der Waals surface area contributed by atoms with E-state index in [1.807, 2.05) is 18.2 Å². The lowest BCUT2D eigenvalue weighted by molar-refractivity contribution is -0.120. The van der Waals surface area contributed by atoms with Gasteiger partial charge in [0.1, 0.15) is 5.75 Å². The van der Waals surface area contributed by atoms with Crippen molar-refractivity contribution in [1.82, 2.24) is 5.32 Å². The first-order chi connectivity index (χ1) is 11.6. The molecule has 0 aliphatic rings. The lowest BCUT2D eigenvalue weighted by Gasteiger charge is -2.12. The maximum atomic E-state index is 12.0. The van der Waals surface area contributed by atoms with Crippen molar-refractivity contribution in [1.29, 1.82) is 0 Å². The van der Waals surface area contributed by atoms with Gasteiger partial charge >= 0.3 is 0 Å². The Morgan fingerprint density at radius 3 is 2.62 bits per heavy atom. The minimum atomic E-state index is -0.217. The van der Waals surface area contributed by atoms with Crippen LogP contribution in [0.4, 0.5) is 0 Å². The quantitative estimate of drug-likeness (QED) is 0.307. The van der Waals surface area contributed by atoms with Crippen LogP contribution in [0.15, 0.2) is 18.2 Å². The van der Waals surface area contributed by atoms with E-state index in [4.69, 9.17) is 10.5 Å². The van der Waals surface area contributed by atoms with Crippen LogP contribution in [0.25, 0.3) is 0 Å². The van der Waals surface area contributed by atoms with Crippen LogP contribution in [0.2, 0.25) is 0 Å². The van der Waals surface area contributed by atoms with Gasteiger partial charge in [-0.25, -0.2) is 0 Å². The van der Waals surface area contributed by atoms with Gasteiger partial charge in [0, 0.05) is 13.0 Å². The fourth-order valence-electron chi connectivity index (χ4n) is 2.67. The zero-order valence-electron chi connectivity index (χ0n) is 15.0. The van der Waals surface area contributed by atoms with Crippen molar-refractivity contribution in [3.05, 3.63) is 29.3 Å². The molecular formula is C19H32N2O2S. The van der Waals surface area contributed by atoms with Crippen LogP contribution in [0.1, 0.15) is 56.6 Å². The monoisotopic (exact) mass is 352 g/mol. The Morgan fingerprint density at radius 1 is 1.25 bits per heavy atom. The molecule has 0 spiro atoms. The first-order valence-corrected chi connectivity index (χ1v) is 9.44. The van der Waals surface area contributed by atoms with Crippen LogP contribution >= 0.6 is 12.6 Å². The molecule has 1 amide bonds. The van der Waals surface area contributed by atoms with E-state index in [2.05, 4.69) is 24.9 Å². The molecule has 136 valence electrons. The SMILES string of the molecule is CCCCCCCCNC(=O)Cc1ccc(CC(N)S)c(OC)c1. The van der Waals surface area contributed by atoms with Gasteiger partial charge in [0.15, 0.2) is 0 Å². The maximum Gasteiger partial charge on any atom is 0.224 e. The number of thiol groups is 1. The van der Waals surface area contributed by atoms with Crippen LogP contribution < -0.4 is 15.8 Å². The molecule has 0 fully saturated rings. The molecule has 0 saturated heterocycles. The van der Waals surface area contributed by atoms with Gasteiger partial charge < -0.3 is 15.8 Å². The van der Waals surface area contributed by atoms with Crippen molar-refractivity contribution in [2.24, 2.45) is 5.73 Å². The molecule has 1 unspecified atom stereocenters. The standard InChI is InChI=1S/C19H32N2O2S/c1-3-4-5-6-7-8-11-21-19(22)13-15-9-10-16(14-18(20)24)17(12-15)23-2/h9-10,12,18,24H,3-8,11,13-14,20H2,1-2H3,(H,21,22). The van der Waals surface area contributed by atoms with Gasteiger partial charge in [-0.1, -0.05) is 51.2 Å². The smallest absolute Gasteiger partial charge is 0.224 e. The first kappa shape index (κ1) is 20.8. The molecule has 0 bridgehead atoms. The number of ether oxygens (including phenoxy) is 1. The number of methoxy groups -OCH3 is 1. The van der Waals surface area contributed by atoms with Crippen LogP contribution in [-0.2, 0) is 17.6 Å². The molecule has 0 aliphatic carbocycles. The Kier molecular flexibility index (Phi) is 10.6. The third-order valence-electron chi connectivity index (χ3n) is 4.00. The zero-order chi connectivity index (χ0) is 17.8. The van der Waals surface area contributed by atoms with Crippen LogP contribution in [0.3, 0.4) is 0 Å². The van der Waals surface area contributed by atoms with Crippen LogP contribution in [-0.4, -0.2) is 24.9 Å². The fourth-order valence-corrected chi connectivity index (χ4v) is 2.87. The molecule has 0 heterocycles. The Balaban J connectivity index is 2.36. The number of rotatable bonds is 12. The summed E-state index contributed by atoms with van der Waals surface area (Å²) in [5, 5.41) is 2.78. The minimum absolute atomic E-state index is 0.0595. The molecule has 3 N–H and O–H groups in total. The van der Waals surface area contributed by atoms with E-state index >= 15 is 0 Å². The highest BCUT2D eigenvalue weighted by Gasteiger charge is 2.09. The minimum Gasteiger partial charge on any atom is -0.496 e. The van der Waals surface area contributed by atoms with Crippen molar-refractivity contribution in [2.45, 2.75) is 63.7 Å². The maximum absolute atomic E-state index is 12.0. The van der Waals surface area contributed by atoms with Gasteiger partial charge in [0.25, 0.3) is 0 Å². The molecule has 24 heavy (non-hydrogen) atoms. The second kappa shape index (κ2) is 12.2. The number of nitrogens with two attached hydrogens (primary N) is 1. The summed E-state index contributed by atoms with van der Waals surface area (Å²) in [5.41, 5.74) is 7.68. The molecule has 0 radical (unpaired) electrons. The Hall–Kier alpha value is -1.20. The van der Waals surface area contributed by atoms with Gasteiger partial charge in [-0.05, 0) is 23.6 Å². The summed E-state index contributed by atoms with van der Waals surface area (Å²) in [6.45, 7) is 2.98. The summed E-state index contributed by atoms with van der Waals surface area (Å²) in [6, 6.07) is 5.83. The number of amides is 1. The summed E-state index contributed by atoms with van der Waals surface area (Å²) < 4.78 is 5.39. The predicted octanol–water partition coefficient (Wildman–Crippen LogP) is 3.47. The highest BCUT2D eigenvalue weighted by molar-refractivity contribution is 7.80. The van der Waals surface area contributed by atoms with E-state index in [0.29, 0.717) is 12.8 Å². The number of nitrogens with one attached hydrogen (secondary N) is 1. The van der Waals surface area contributed by atoms with Gasteiger partial charge in [-0.2, -0.15) is 12.6 Å². The number of benzene rings is 1. The third kappa shape index (κ3) is 8.60. The van der Waals surface area contributed by atoms with Gasteiger partial charge in [-0.15, -0.1) is 0 Å². The average molecular weight is 353 g/mol. The predicted molar refractivity (Wildman–Crippen MR) is 104 cm³/mol. The van der Waals surface area contributed by atoms with E-state index in [9.17, 15) is 4.79 Å². The molecule has 5 heteroatoms. The van der Waals surface area contributed by atoms with Crippen molar-refractivity contribution in [3.63, 3.8) is 0 Å². The van der Waals surface area contributed by atoms with Crippen molar-refractivity contribution < 1.29 is 9.53 Å². The molecule has 0 saturated carbocycles. The molecule has 1 aromatic carbocycles. The molecule has 1 atom stereocenters. The normalized spacial score (nSPS) is 12.0. The third-order valence-corrected chi connectivity index (χ3v) is 4.18. The largest absolute Gasteiger partial charge is 0.496 e. The number of hydrogen-bond donors (Lipinski definition) is 3. The molecule has 0 aromatic heterocycles. The summed E-state index contributed by atoms with van der Waals surface area (Å²) >= 11 is 4.21. The highest BCUT2D eigenvalue weighted by atomic mass is 32.1. The second-order valence-electron chi connectivity index (χ2n) is 6.21. The average Bonchev–Trinajstić information content (AvgIpc) is 2.55. The lowest BCUT2D eigenvalue weighted by Crippen LogP contribution is -2.26. The fraction of sp³-hybridized carbons (Fsp3) is 0.632. The number of unbranched alkanes of at least 4 members (excludes halogenated alkanes) is 5. The van der Waals surface area contributed by atoms with Gasteiger partial charge in [0.05, 0.1) is 18.9 Å². The van der Waals surface area contributed by atoms with Crippen molar-refractivity contribution >= 4 is 18.5 Å². The van der Waals surface area contributed by atoms with Crippen molar-refractivity contribution in [2.75, 3.05) is 13.7 Å². The highest BCUT2D eigenvalue weighted by Crippen LogP contribution is 2.22. The summed E-state index contributed by atoms with van der Waals surface area (Å²) in [7, 11) is 1.63. The molecule has 0 aliphatic heterocycles. The van der Waals surface area contributed by atoms with E-state index < -0.39 is 0 Å². The number of carbonyl (C=O) groups is 1. The summed E-state index contributed by atoms with van der Waals surface area (Å²) in [5.74, 6) is 0.824. The van der Waals surface area contributed by atoms with Crippen LogP contribution in [0, 0.1) is 0 Å². The summed E-state index contributed by atoms with van der Waals surface area (Å²) in [4.78, 5) is 12.0. The van der Waals surface area contributed by atoms with Gasteiger partial charge in [-0.3, -0.25) is 4.79 Å². The van der Waals surface area contributed by atoms with Crippen molar-refractivity contribution in [3.8, 4) is 5.75 Å². The topological polar surface area (TPSA) is 64.4 Å². The van der Waals surface area contributed by atoms with E-state index in [1.165, 1.54) is 32.1 Å². The first-order valence-electron chi connectivity index (χ1n) is 8.93. The Bertz CT molecular complexity index is 492. The number of hydrogen-bond acceptors (Lipinski definition) is 4. The molecular weight excluding hydrogens is 320 g/mol. The van der Waals surface area contributed by atoms with E-state index in [-0.39, 0.29) is 11.3 Å². The molecule has 1 rings (SSSR count). The Morgan fingerprint density at radius 2 is 1.96 bits per heavy atom. The van der Waals surface area contributed by atoms with Gasteiger partial charge in [0.2, 0.25) is 5.91 Å². The number of carbonyl (C=O) groups excluding carboxylic acids is 1. The zero-order valence-corrected chi connectivity index (χ0v) is 15.9. The Labute approximate surface area is 151 Å². The van der Waals surface area contributed by atoms with Crippen LogP contribution in [0.5, 0.6) is 5.75 Å². The molecule has 1 aromatic rings. The van der Waals surface area contributed by atoms with E-state index in [0.717, 1.165) is 29.8 Å². The van der Waals surface area contributed by atoms with E-state index in [1.54, 1.807) is 7.11 Å². The lowest BCUT2D eigenvalue weighted by atomic mass is 10.0.